The van der Waals surface area contributed by atoms with E-state index in [2.05, 4.69) is 0 Å². The molecular weight excluding hydrogens is 296 g/mol. The molecule has 5 nitrogen and oxygen atoms in total. The van der Waals surface area contributed by atoms with Crippen LogP contribution in [0, 0.1) is 0 Å². The standard InChI is InChI=1S/C13H26O5SSi/c1-5-16-20(17-6-2,18-7-3)10-8-9-15-12(14)13(4)11-19-13/h5-11H2,1-4H3. The average Bonchev–Trinajstić information content (AvgIpc) is 3.15. The third-order valence-electron chi connectivity index (χ3n) is 2.96. The molecule has 1 fully saturated rings. The van der Waals surface area contributed by atoms with E-state index in [-0.39, 0.29) is 10.7 Å². The maximum absolute atomic E-state index is 11.7. The minimum absolute atomic E-state index is 0.112. The monoisotopic (exact) mass is 322 g/mol. The quantitative estimate of drug-likeness (QED) is 0.252. The molecule has 1 aliphatic rings. The number of ether oxygens (including phenoxy) is 1. The van der Waals surface area contributed by atoms with Gasteiger partial charge >= 0.3 is 14.8 Å². The van der Waals surface area contributed by atoms with Crippen molar-refractivity contribution in [2.24, 2.45) is 0 Å². The Morgan fingerprint density at radius 3 is 2.05 bits per heavy atom. The van der Waals surface area contributed by atoms with E-state index in [1.54, 1.807) is 11.8 Å². The Morgan fingerprint density at radius 2 is 1.65 bits per heavy atom. The molecule has 0 bridgehead atoms. The summed E-state index contributed by atoms with van der Waals surface area (Å²) in [5, 5.41) is 0. The van der Waals surface area contributed by atoms with Crippen LogP contribution in [0.4, 0.5) is 0 Å². The molecule has 20 heavy (non-hydrogen) atoms. The fourth-order valence-corrected chi connectivity index (χ4v) is 4.92. The Bertz CT molecular complexity index is 292. The number of rotatable bonds is 11. The Morgan fingerprint density at radius 1 is 1.15 bits per heavy atom. The molecule has 118 valence electrons. The van der Waals surface area contributed by atoms with Gasteiger partial charge in [-0.2, -0.15) is 0 Å². The van der Waals surface area contributed by atoms with Crippen molar-refractivity contribution >= 4 is 26.5 Å². The molecular formula is C13H26O5SSi. The lowest BCUT2D eigenvalue weighted by Gasteiger charge is -2.28. The third-order valence-corrected chi connectivity index (χ3v) is 7.44. The van der Waals surface area contributed by atoms with E-state index in [0.717, 1.165) is 5.75 Å². The van der Waals surface area contributed by atoms with E-state index in [1.165, 1.54) is 0 Å². The molecule has 0 radical (unpaired) electrons. The van der Waals surface area contributed by atoms with Gasteiger partial charge in [-0.25, -0.2) is 0 Å². The Balaban J connectivity index is 2.34. The van der Waals surface area contributed by atoms with Gasteiger partial charge in [0.2, 0.25) is 0 Å². The van der Waals surface area contributed by atoms with E-state index in [0.29, 0.717) is 38.9 Å². The van der Waals surface area contributed by atoms with Gasteiger partial charge in [0.25, 0.3) is 0 Å². The number of carbonyl (C=O) groups excluding carboxylic acids is 1. The van der Waals surface area contributed by atoms with E-state index in [4.69, 9.17) is 18.0 Å². The molecule has 1 aliphatic heterocycles. The fraction of sp³-hybridized carbons (Fsp3) is 0.923. The summed E-state index contributed by atoms with van der Waals surface area (Å²) in [6.45, 7) is 9.83. The van der Waals surface area contributed by atoms with Gasteiger partial charge in [-0.05, 0) is 34.1 Å². The van der Waals surface area contributed by atoms with E-state index in [1.807, 2.05) is 27.7 Å². The molecule has 0 aliphatic carbocycles. The van der Waals surface area contributed by atoms with Gasteiger partial charge in [-0.15, -0.1) is 11.8 Å². The second kappa shape index (κ2) is 8.38. The Hall–Kier alpha value is -0.0831. The number of esters is 1. The summed E-state index contributed by atoms with van der Waals surface area (Å²) in [5.41, 5.74) is 0. The van der Waals surface area contributed by atoms with Crippen LogP contribution in [0.2, 0.25) is 6.04 Å². The van der Waals surface area contributed by atoms with Crippen LogP contribution in [-0.2, 0) is 22.8 Å². The lowest BCUT2D eigenvalue weighted by atomic mass is 10.2. The Labute approximate surface area is 127 Å². The summed E-state index contributed by atoms with van der Waals surface area (Å²) in [7, 11) is -2.59. The van der Waals surface area contributed by atoms with Crippen LogP contribution >= 0.6 is 11.8 Å². The lowest BCUT2D eigenvalue weighted by molar-refractivity contribution is -0.144. The first-order valence-electron chi connectivity index (χ1n) is 7.25. The molecule has 1 unspecified atom stereocenters. The molecule has 0 aromatic carbocycles. The van der Waals surface area contributed by atoms with E-state index >= 15 is 0 Å². The molecule has 7 heteroatoms. The normalized spacial score (nSPS) is 21.8. The molecule has 0 N–H and O–H groups in total. The second-order valence-corrected chi connectivity index (χ2v) is 8.95. The number of thioether (sulfide) groups is 1. The molecule has 1 heterocycles. The zero-order valence-electron chi connectivity index (χ0n) is 12.9. The summed E-state index contributed by atoms with van der Waals surface area (Å²) in [6.07, 6.45) is 0.707. The molecule has 0 saturated carbocycles. The molecule has 0 spiro atoms. The highest BCUT2D eigenvalue weighted by Crippen LogP contribution is 2.45. The van der Waals surface area contributed by atoms with E-state index < -0.39 is 8.80 Å². The van der Waals surface area contributed by atoms with Gasteiger partial charge in [0.1, 0.15) is 4.75 Å². The number of hydrogen-bond donors (Lipinski definition) is 0. The van der Waals surface area contributed by atoms with Crippen LogP contribution in [0.15, 0.2) is 0 Å². The number of hydrogen-bond acceptors (Lipinski definition) is 6. The van der Waals surface area contributed by atoms with Crippen molar-refractivity contribution < 1.29 is 22.8 Å². The van der Waals surface area contributed by atoms with E-state index in [9.17, 15) is 4.79 Å². The van der Waals surface area contributed by atoms with Crippen molar-refractivity contribution in [1.82, 2.24) is 0 Å². The number of carbonyl (C=O) groups is 1. The first kappa shape index (κ1) is 18.0. The lowest BCUT2D eigenvalue weighted by Crippen LogP contribution is -2.46. The first-order chi connectivity index (χ1) is 9.52. The van der Waals surface area contributed by atoms with Crippen LogP contribution in [-0.4, -0.2) is 51.7 Å². The molecule has 1 rings (SSSR count). The van der Waals surface area contributed by atoms with Crippen molar-refractivity contribution in [3.05, 3.63) is 0 Å². The summed E-state index contributed by atoms with van der Waals surface area (Å²) in [4.78, 5) is 11.7. The summed E-state index contributed by atoms with van der Waals surface area (Å²) in [5.74, 6) is 0.750. The fourth-order valence-electron chi connectivity index (χ4n) is 1.83. The highest BCUT2D eigenvalue weighted by atomic mass is 32.2. The maximum atomic E-state index is 11.7. The van der Waals surface area contributed by atoms with Gasteiger partial charge < -0.3 is 18.0 Å². The minimum atomic E-state index is -2.59. The van der Waals surface area contributed by atoms with Gasteiger partial charge in [-0.3, -0.25) is 4.79 Å². The van der Waals surface area contributed by atoms with Gasteiger partial charge in [0, 0.05) is 31.6 Å². The van der Waals surface area contributed by atoms with Crippen molar-refractivity contribution in [2.75, 3.05) is 32.2 Å². The Kier molecular flexibility index (Phi) is 7.53. The maximum Gasteiger partial charge on any atom is 0.501 e. The van der Waals surface area contributed by atoms with Gasteiger partial charge in [0.05, 0.1) is 6.61 Å². The minimum Gasteiger partial charge on any atom is -0.465 e. The van der Waals surface area contributed by atoms with Crippen molar-refractivity contribution in [2.45, 2.75) is 44.9 Å². The van der Waals surface area contributed by atoms with Crippen LogP contribution in [0.1, 0.15) is 34.1 Å². The second-order valence-electron chi connectivity index (χ2n) is 4.74. The van der Waals surface area contributed by atoms with Crippen LogP contribution < -0.4 is 0 Å². The molecule has 0 aromatic heterocycles. The molecule has 0 aromatic rings. The zero-order chi connectivity index (χ0) is 15.1. The summed E-state index contributed by atoms with van der Waals surface area (Å²) >= 11 is 1.63. The predicted molar refractivity (Wildman–Crippen MR) is 81.9 cm³/mol. The van der Waals surface area contributed by atoms with Crippen molar-refractivity contribution in [3.63, 3.8) is 0 Å². The van der Waals surface area contributed by atoms with Gasteiger partial charge in [0.15, 0.2) is 0 Å². The zero-order valence-corrected chi connectivity index (χ0v) is 14.7. The SMILES string of the molecule is CCO[Si](CCCOC(=O)C1(C)CS1)(OCC)OCC. The van der Waals surface area contributed by atoms with Crippen LogP contribution in [0.5, 0.6) is 0 Å². The smallest absolute Gasteiger partial charge is 0.465 e. The first-order valence-corrected chi connectivity index (χ1v) is 10.2. The van der Waals surface area contributed by atoms with Gasteiger partial charge in [-0.1, -0.05) is 0 Å². The molecule has 1 saturated heterocycles. The third kappa shape index (κ3) is 5.36. The summed E-state index contributed by atoms with van der Waals surface area (Å²) in [6, 6.07) is 0.680. The molecule has 1 atom stereocenters. The largest absolute Gasteiger partial charge is 0.501 e. The van der Waals surface area contributed by atoms with Crippen molar-refractivity contribution in [1.29, 1.82) is 0 Å². The average molecular weight is 322 g/mol. The highest BCUT2D eigenvalue weighted by molar-refractivity contribution is 8.08. The predicted octanol–water partition coefficient (Wildman–Crippen LogP) is 2.47. The van der Waals surface area contributed by atoms with Crippen molar-refractivity contribution in [3.8, 4) is 0 Å². The highest BCUT2D eigenvalue weighted by Gasteiger charge is 2.48. The van der Waals surface area contributed by atoms with Crippen LogP contribution in [0.25, 0.3) is 0 Å². The summed E-state index contributed by atoms with van der Waals surface area (Å²) < 4.78 is 22.2. The molecule has 0 amide bonds. The van der Waals surface area contributed by atoms with Crippen LogP contribution in [0.3, 0.4) is 0 Å². The topological polar surface area (TPSA) is 54.0 Å².